The van der Waals surface area contributed by atoms with E-state index in [9.17, 15) is 0 Å². The van der Waals surface area contributed by atoms with E-state index in [-0.39, 0.29) is 0 Å². The SMILES string of the molecule is CNC1CCc2c(-c3ncccc3OC)cccc21. The highest BCUT2D eigenvalue weighted by atomic mass is 16.5. The molecule has 1 aromatic heterocycles. The van der Waals surface area contributed by atoms with Gasteiger partial charge in [0.2, 0.25) is 0 Å². The van der Waals surface area contributed by atoms with Gasteiger partial charge in [0.1, 0.15) is 11.4 Å². The molecule has 3 nitrogen and oxygen atoms in total. The molecule has 1 aliphatic rings. The smallest absolute Gasteiger partial charge is 0.145 e. The topological polar surface area (TPSA) is 34.2 Å². The molecule has 3 rings (SSSR count). The van der Waals surface area contributed by atoms with Crippen LogP contribution in [0.1, 0.15) is 23.6 Å². The van der Waals surface area contributed by atoms with E-state index >= 15 is 0 Å². The van der Waals surface area contributed by atoms with Crippen molar-refractivity contribution in [1.82, 2.24) is 10.3 Å². The minimum absolute atomic E-state index is 0.463. The molecule has 0 radical (unpaired) electrons. The first kappa shape index (κ1) is 12.2. The van der Waals surface area contributed by atoms with Crippen LogP contribution in [0.4, 0.5) is 0 Å². The van der Waals surface area contributed by atoms with E-state index in [1.807, 2.05) is 25.4 Å². The molecule has 1 N–H and O–H groups in total. The van der Waals surface area contributed by atoms with Crippen LogP contribution >= 0.6 is 0 Å². The Hall–Kier alpha value is -1.87. The predicted octanol–water partition coefficient (Wildman–Crippen LogP) is 2.96. The van der Waals surface area contributed by atoms with Gasteiger partial charge >= 0.3 is 0 Å². The molecular formula is C16H18N2O. The summed E-state index contributed by atoms with van der Waals surface area (Å²) in [5.74, 6) is 0.837. The highest BCUT2D eigenvalue weighted by molar-refractivity contribution is 5.71. The van der Waals surface area contributed by atoms with Crippen LogP contribution in [0.3, 0.4) is 0 Å². The molecule has 1 heterocycles. The van der Waals surface area contributed by atoms with Crippen LogP contribution in [-0.4, -0.2) is 19.1 Å². The Morgan fingerprint density at radius 2 is 2.16 bits per heavy atom. The highest BCUT2D eigenvalue weighted by Crippen LogP contribution is 2.39. The van der Waals surface area contributed by atoms with Gasteiger partial charge in [-0.15, -0.1) is 0 Å². The van der Waals surface area contributed by atoms with Gasteiger partial charge in [0.05, 0.1) is 7.11 Å². The summed E-state index contributed by atoms with van der Waals surface area (Å²) in [5.41, 5.74) is 4.94. The van der Waals surface area contributed by atoms with Gasteiger partial charge in [0.25, 0.3) is 0 Å². The number of hydrogen-bond acceptors (Lipinski definition) is 3. The summed E-state index contributed by atoms with van der Waals surface area (Å²) >= 11 is 0. The van der Waals surface area contributed by atoms with E-state index in [4.69, 9.17) is 4.74 Å². The Balaban J connectivity index is 2.15. The second-order valence-electron chi connectivity index (χ2n) is 4.81. The van der Waals surface area contributed by atoms with Crippen LogP contribution in [0.15, 0.2) is 36.5 Å². The van der Waals surface area contributed by atoms with Crippen LogP contribution in [0, 0.1) is 0 Å². The molecule has 0 fully saturated rings. The Labute approximate surface area is 113 Å². The van der Waals surface area contributed by atoms with Crippen LogP contribution in [-0.2, 0) is 6.42 Å². The van der Waals surface area contributed by atoms with Crippen molar-refractivity contribution in [2.75, 3.05) is 14.2 Å². The van der Waals surface area contributed by atoms with E-state index in [1.54, 1.807) is 7.11 Å². The number of hydrogen-bond donors (Lipinski definition) is 1. The van der Waals surface area contributed by atoms with Crippen molar-refractivity contribution in [2.45, 2.75) is 18.9 Å². The van der Waals surface area contributed by atoms with Crippen molar-refractivity contribution >= 4 is 0 Å². The van der Waals surface area contributed by atoms with Crippen molar-refractivity contribution in [3.63, 3.8) is 0 Å². The van der Waals surface area contributed by atoms with Gasteiger partial charge in [0.15, 0.2) is 0 Å². The van der Waals surface area contributed by atoms with Gasteiger partial charge in [-0.25, -0.2) is 0 Å². The molecule has 0 bridgehead atoms. The first-order valence-electron chi connectivity index (χ1n) is 6.63. The molecular weight excluding hydrogens is 236 g/mol. The molecule has 0 amide bonds. The number of nitrogens with one attached hydrogen (secondary N) is 1. The molecule has 3 heteroatoms. The summed E-state index contributed by atoms with van der Waals surface area (Å²) in [5, 5.41) is 3.38. The fourth-order valence-electron chi connectivity index (χ4n) is 2.93. The average molecular weight is 254 g/mol. The minimum atomic E-state index is 0.463. The van der Waals surface area contributed by atoms with Crippen LogP contribution in [0.25, 0.3) is 11.3 Å². The van der Waals surface area contributed by atoms with Crippen LogP contribution < -0.4 is 10.1 Å². The van der Waals surface area contributed by atoms with E-state index in [0.717, 1.165) is 24.3 Å². The number of ether oxygens (including phenoxy) is 1. The Morgan fingerprint density at radius 3 is 2.95 bits per heavy atom. The van der Waals surface area contributed by atoms with Gasteiger partial charge in [-0.1, -0.05) is 18.2 Å². The zero-order chi connectivity index (χ0) is 13.2. The number of pyridine rings is 1. The molecule has 98 valence electrons. The van der Waals surface area contributed by atoms with Gasteiger partial charge in [0, 0.05) is 17.8 Å². The van der Waals surface area contributed by atoms with Crippen LogP contribution in [0.5, 0.6) is 5.75 Å². The number of benzene rings is 1. The highest BCUT2D eigenvalue weighted by Gasteiger charge is 2.24. The number of rotatable bonds is 3. The second kappa shape index (κ2) is 5.02. The Bertz CT molecular complexity index is 595. The predicted molar refractivity (Wildman–Crippen MR) is 76.3 cm³/mol. The molecule has 0 saturated heterocycles. The average Bonchev–Trinajstić information content (AvgIpc) is 2.90. The molecule has 0 spiro atoms. The standard InChI is InChI=1S/C16H18N2O/c1-17-14-9-8-11-12(14)5-3-6-13(11)16-15(19-2)7-4-10-18-16/h3-7,10,14,17H,8-9H2,1-2H3. The van der Waals surface area contributed by atoms with Gasteiger partial charge in [-0.2, -0.15) is 0 Å². The quantitative estimate of drug-likeness (QED) is 0.914. The maximum atomic E-state index is 5.43. The normalized spacial score (nSPS) is 17.3. The van der Waals surface area contributed by atoms with Crippen molar-refractivity contribution in [3.05, 3.63) is 47.7 Å². The third-order valence-corrected chi connectivity index (χ3v) is 3.86. The molecule has 1 aromatic carbocycles. The molecule has 1 aliphatic carbocycles. The van der Waals surface area contributed by atoms with Gasteiger partial charge in [-0.3, -0.25) is 4.98 Å². The van der Waals surface area contributed by atoms with Crippen LogP contribution in [0.2, 0.25) is 0 Å². The lowest BCUT2D eigenvalue weighted by Crippen LogP contribution is -2.12. The van der Waals surface area contributed by atoms with Gasteiger partial charge in [-0.05, 0) is 43.1 Å². The van der Waals surface area contributed by atoms with E-state index < -0.39 is 0 Å². The monoisotopic (exact) mass is 254 g/mol. The number of aromatic nitrogens is 1. The summed E-state index contributed by atoms with van der Waals surface area (Å²) in [6.45, 7) is 0. The summed E-state index contributed by atoms with van der Waals surface area (Å²) in [6.07, 6.45) is 4.07. The maximum Gasteiger partial charge on any atom is 0.145 e. The molecule has 1 unspecified atom stereocenters. The molecule has 0 saturated carbocycles. The summed E-state index contributed by atoms with van der Waals surface area (Å²) in [4.78, 5) is 4.50. The Morgan fingerprint density at radius 1 is 1.26 bits per heavy atom. The summed E-state index contributed by atoms with van der Waals surface area (Å²) < 4.78 is 5.43. The minimum Gasteiger partial charge on any atom is -0.494 e. The fraction of sp³-hybridized carbons (Fsp3) is 0.312. The third kappa shape index (κ3) is 2.00. The Kier molecular flexibility index (Phi) is 3.22. The molecule has 2 aromatic rings. The first-order chi connectivity index (χ1) is 9.35. The first-order valence-corrected chi connectivity index (χ1v) is 6.63. The van der Waals surface area contributed by atoms with Gasteiger partial charge < -0.3 is 10.1 Å². The second-order valence-corrected chi connectivity index (χ2v) is 4.81. The molecule has 1 atom stereocenters. The van der Waals surface area contributed by atoms with Crippen molar-refractivity contribution < 1.29 is 4.74 Å². The number of methoxy groups -OCH3 is 1. The summed E-state index contributed by atoms with van der Waals surface area (Å²) in [6, 6.07) is 10.8. The van der Waals surface area contributed by atoms with E-state index in [2.05, 4.69) is 28.5 Å². The third-order valence-electron chi connectivity index (χ3n) is 3.86. The van der Waals surface area contributed by atoms with Crippen molar-refractivity contribution in [2.24, 2.45) is 0 Å². The molecule has 19 heavy (non-hydrogen) atoms. The number of nitrogens with zero attached hydrogens (tertiary/aromatic N) is 1. The molecule has 0 aliphatic heterocycles. The maximum absolute atomic E-state index is 5.43. The zero-order valence-corrected chi connectivity index (χ0v) is 11.3. The van der Waals surface area contributed by atoms with E-state index in [0.29, 0.717) is 6.04 Å². The zero-order valence-electron chi connectivity index (χ0n) is 11.3. The number of fused-ring (bicyclic) bond motifs is 1. The fourth-order valence-corrected chi connectivity index (χ4v) is 2.93. The van der Waals surface area contributed by atoms with Crippen molar-refractivity contribution in [1.29, 1.82) is 0 Å². The largest absolute Gasteiger partial charge is 0.494 e. The summed E-state index contributed by atoms with van der Waals surface area (Å²) in [7, 11) is 3.72. The van der Waals surface area contributed by atoms with E-state index in [1.165, 1.54) is 16.7 Å². The lowest BCUT2D eigenvalue weighted by molar-refractivity contribution is 0.415. The lowest BCUT2D eigenvalue weighted by atomic mass is 9.99. The lowest BCUT2D eigenvalue weighted by Gasteiger charge is -2.13. The van der Waals surface area contributed by atoms with Crippen molar-refractivity contribution in [3.8, 4) is 17.0 Å².